The fourth-order valence-electron chi connectivity index (χ4n) is 2.20. The molecule has 1 atom stereocenters. The van der Waals surface area contributed by atoms with Gasteiger partial charge in [0.05, 0.1) is 15.9 Å². The third-order valence-corrected chi connectivity index (χ3v) is 4.37. The van der Waals surface area contributed by atoms with Gasteiger partial charge < -0.3 is 5.32 Å². The van der Waals surface area contributed by atoms with E-state index >= 15 is 0 Å². The molecule has 1 N–H and O–H groups in total. The lowest BCUT2D eigenvalue weighted by molar-refractivity contribution is 0.514. The van der Waals surface area contributed by atoms with E-state index in [2.05, 4.69) is 33.3 Å². The van der Waals surface area contributed by atoms with Crippen LogP contribution in [-0.4, -0.2) is 9.78 Å². The maximum Gasteiger partial charge on any atom is 0.127 e. The van der Waals surface area contributed by atoms with Crippen molar-refractivity contribution in [2.24, 2.45) is 7.05 Å². The number of benzene rings is 1. The lowest BCUT2D eigenvalue weighted by Crippen LogP contribution is -2.20. The highest BCUT2D eigenvalue weighted by molar-refractivity contribution is 9.10. The van der Waals surface area contributed by atoms with Gasteiger partial charge in [-0.2, -0.15) is 5.10 Å². The van der Waals surface area contributed by atoms with Gasteiger partial charge in [-0.05, 0) is 35.3 Å². The largest absolute Gasteiger partial charge is 0.304 e. The molecule has 2 rings (SSSR count). The summed E-state index contributed by atoms with van der Waals surface area (Å²) in [4.78, 5) is 0. The van der Waals surface area contributed by atoms with Crippen LogP contribution in [0.5, 0.6) is 0 Å². The van der Waals surface area contributed by atoms with E-state index in [-0.39, 0.29) is 11.9 Å². The van der Waals surface area contributed by atoms with Crippen LogP contribution in [0, 0.1) is 5.82 Å². The smallest absolute Gasteiger partial charge is 0.127 e. The summed E-state index contributed by atoms with van der Waals surface area (Å²) in [7, 11) is 1.93. The van der Waals surface area contributed by atoms with E-state index in [4.69, 9.17) is 0 Å². The van der Waals surface area contributed by atoms with E-state index in [9.17, 15) is 4.39 Å². The fraction of sp³-hybridized carbons (Fsp3) is 0.400. The number of hydrogen-bond acceptors (Lipinski definition) is 2. The fourth-order valence-corrected chi connectivity index (χ4v) is 2.95. The van der Waals surface area contributed by atoms with Gasteiger partial charge in [0.2, 0.25) is 0 Å². The van der Waals surface area contributed by atoms with Gasteiger partial charge in [-0.15, -0.1) is 0 Å². The number of rotatable bonds is 5. The summed E-state index contributed by atoms with van der Waals surface area (Å²) in [6.45, 7) is 4.68. The molecule has 2 aromatic rings. The average Bonchev–Trinajstić information content (AvgIpc) is 2.71. The number of aromatic nitrogens is 2. The summed E-state index contributed by atoms with van der Waals surface area (Å²) in [5, 5.41) is 7.80. The minimum atomic E-state index is -0.175. The molecule has 3 nitrogen and oxygen atoms in total. The molecule has 0 bridgehead atoms. The van der Waals surface area contributed by atoms with E-state index in [1.54, 1.807) is 6.07 Å². The number of halogens is 2. The first kappa shape index (κ1) is 15.2. The summed E-state index contributed by atoms with van der Waals surface area (Å²) < 4.78 is 16.6. The van der Waals surface area contributed by atoms with Crippen molar-refractivity contribution in [3.05, 3.63) is 51.5 Å². The van der Waals surface area contributed by atoms with Gasteiger partial charge in [-0.3, -0.25) is 4.68 Å². The first-order valence-corrected chi connectivity index (χ1v) is 7.52. The van der Waals surface area contributed by atoms with Crippen molar-refractivity contribution in [1.82, 2.24) is 15.1 Å². The highest BCUT2D eigenvalue weighted by atomic mass is 79.9. The number of nitrogens with zero attached hydrogens (tertiary/aromatic N) is 2. The first-order chi connectivity index (χ1) is 9.54. The molecule has 0 saturated carbocycles. The normalized spacial score (nSPS) is 12.7. The Labute approximate surface area is 127 Å². The lowest BCUT2D eigenvalue weighted by atomic mass is 10.1. The van der Waals surface area contributed by atoms with Crippen LogP contribution in [-0.2, 0) is 20.0 Å². The maximum atomic E-state index is 13.7. The number of aryl methyl sites for hydroxylation is 2. The maximum absolute atomic E-state index is 13.7. The van der Waals surface area contributed by atoms with Crippen LogP contribution >= 0.6 is 15.9 Å². The minimum absolute atomic E-state index is 0.0527. The van der Waals surface area contributed by atoms with Gasteiger partial charge in [0.1, 0.15) is 5.82 Å². The highest BCUT2D eigenvalue weighted by Gasteiger charge is 2.15. The van der Waals surface area contributed by atoms with Crippen molar-refractivity contribution < 1.29 is 4.39 Å². The van der Waals surface area contributed by atoms with E-state index in [0.717, 1.165) is 22.3 Å². The van der Waals surface area contributed by atoms with Crippen molar-refractivity contribution in [3.8, 4) is 0 Å². The molecule has 0 amide bonds. The van der Waals surface area contributed by atoms with Crippen molar-refractivity contribution in [2.45, 2.75) is 32.9 Å². The molecule has 1 aromatic heterocycles. The molecule has 0 aliphatic carbocycles. The van der Waals surface area contributed by atoms with Crippen LogP contribution in [0.1, 0.15) is 36.8 Å². The van der Waals surface area contributed by atoms with Gasteiger partial charge in [0.15, 0.2) is 0 Å². The third-order valence-electron chi connectivity index (χ3n) is 3.45. The predicted octanol–water partition coefficient (Wildman–Crippen LogP) is 3.73. The van der Waals surface area contributed by atoms with Crippen molar-refractivity contribution in [2.75, 3.05) is 0 Å². The standard InChI is InChI=1S/C15H19BrFN3/c1-4-13-15(16)14(20(3)19-13)9-18-10(2)11-7-5-6-8-12(11)17/h5-8,10,18H,4,9H2,1-3H3. The molecule has 5 heteroatoms. The highest BCUT2D eigenvalue weighted by Crippen LogP contribution is 2.23. The Balaban J connectivity index is 2.09. The number of hydrogen-bond donors (Lipinski definition) is 1. The Kier molecular flexibility index (Phi) is 4.94. The van der Waals surface area contributed by atoms with Crippen molar-refractivity contribution >= 4 is 15.9 Å². The quantitative estimate of drug-likeness (QED) is 0.899. The average molecular weight is 340 g/mol. The second kappa shape index (κ2) is 6.50. The molecule has 0 fully saturated rings. The second-order valence-electron chi connectivity index (χ2n) is 4.81. The molecule has 20 heavy (non-hydrogen) atoms. The summed E-state index contributed by atoms with van der Waals surface area (Å²) >= 11 is 3.59. The molecule has 0 radical (unpaired) electrons. The van der Waals surface area contributed by atoms with Gasteiger partial charge in [0.25, 0.3) is 0 Å². The van der Waals surface area contributed by atoms with Crippen molar-refractivity contribution in [3.63, 3.8) is 0 Å². The molecule has 0 saturated heterocycles. The van der Waals surface area contributed by atoms with Crippen molar-refractivity contribution in [1.29, 1.82) is 0 Å². The van der Waals surface area contributed by atoms with Gasteiger partial charge in [-0.25, -0.2) is 4.39 Å². The van der Waals surface area contributed by atoms with E-state index in [1.807, 2.05) is 30.8 Å². The van der Waals surface area contributed by atoms with E-state index in [0.29, 0.717) is 12.1 Å². The third kappa shape index (κ3) is 3.10. The van der Waals surface area contributed by atoms with Gasteiger partial charge in [-0.1, -0.05) is 25.1 Å². The van der Waals surface area contributed by atoms with Crippen LogP contribution in [0.4, 0.5) is 4.39 Å². The monoisotopic (exact) mass is 339 g/mol. The SMILES string of the molecule is CCc1nn(C)c(CNC(C)c2ccccc2F)c1Br. The topological polar surface area (TPSA) is 29.9 Å². The minimum Gasteiger partial charge on any atom is -0.304 e. The molecule has 1 unspecified atom stereocenters. The van der Waals surface area contributed by atoms with Crippen LogP contribution < -0.4 is 5.32 Å². The molecular formula is C15H19BrFN3. The molecule has 1 heterocycles. The summed E-state index contributed by atoms with van der Waals surface area (Å²) in [6.07, 6.45) is 0.886. The molecular weight excluding hydrogens is 321 g/mol. The van der Waals surface area contributed by atoms with Crippen LogP contribution in [0.3, 0.4) is 0 Å². The van der Waals surface area contributed by atoms with E-state index in [1.165, 1.54) is 6.07 Å². The second-order valence-corrected chi connectivity index (χ2v) is 5.60. The summed E-state index contributed by atoms with van der Waals surface area (Å²) in [6, 6.07) is 6.80. The Bertz CT molecular complexity index is 595. The van der Waals surface area contributed by atoms with Crippen LogP contribution in [0.2, 0.25) is 0 Å². The summed E-state index contributed by atoms with van der Waals surface area (Å²) in [5.41, 5.74) is 2.80. The molecule has 1 aromatic carbocycles. The van der Waals surface area contributed by atoms with E-state index < -0.39 is 0 Å². The van der Waals surface area contributed by atoms with Crippen LogP contribution in [0.15, 0.2) is 28.7 Å². The predicted molar refractivity (Wildman–Crippen MR) is 81.9 cm³/mol. The Morgan fingerprint density at radius 3 is 2.70 bits per heavy atom. The molecule has 0 aliphatic rings. The Hall–Kier alpha value is -1.20. The van der Waals surface area contributed by atoms with Gasteiger partial charge >= 0.3 is 0 Å². The number of nitrogens with one attached hydrogen (secondary N) is 1. The molecule has 108 valence electrons. The molecule has 0 aliphatic heterocycles. The molecule has 0 spiro atoms. The first-order valence-electron chi connectivity index (χ1n) is 6.72. The van der Waals surface area contributed by atoms with Crippen LogP contribution in [0.25, 0.3) is 0 Å². The zero-order chi connectivity index (χ0) is 14.7. The summed E-state index contributed by atoms with van der Waals surface area (Å²) in [5.74, 6) is -0.175. The van der Waals surface area contributed by atoms with Gasteiger partial charge in [0, 0.05) is 25.2 Å². The Morgan fingerprint density at radius 1 is 1.40 bits per heavy atom. The zero-order valence-corrected chi connectivity index (χ0v) is 13.5. The Morgan fingerprint density at radius 2 is 2.10 bits per heavy atom. The lowest BCUT2D eigenvalue weighted by Gasteiger charge is -2.15. The zero-order valence-electron chi connectivity index (χ0n) is 12.0.